The molecule has 2 rings (SSSR count). The average molecular weight is 316 g/mol. The summed E-state index contributed by atoms with van der Waals surface area (Å²) < 4.78 is 23.7. The largest absolute Gasteiger partial charge is 0.335 e. The summed E-state index contributed by atoms with van der Waals surface area (Å²) in [6, 6.07) is -0.0995. The lowest BCUT2D eigenvalue weighted by atomic mass is 9.84. The first kappa shape index (κ1) is 16.6. The maximum atomic E-state index is 12.4. The highest BCUT2D eigenvalue weighted by molar-refractivity contribution is 7.92. The molecule has 1 saturated carbocycles. The van der Waals surface area contributed by atoms with E-state index in [0.29, 0.717) is 12.5 Å². The van der Waals surface area contributed by atoms with E-state index in [-0.39, 0.29) is 23.9 Å². The topological polar surface area (TPSA) is 66.5 Å². The Morgan fingerprint density at radius 2 is 2.00 bits per heavy atom. The summed E-state index contributed by atoms with van der Waals surface area (Å²) in [7, 11) is -3.04. The van der Waals surface area contributed by atoms with E-state index >= 15 is 0 Å². The van der Waals surface area contributed by atoms with E-state index in [1.165, 1.54) is 19.3 Å². The van der Waals surface area contributed by atoms with Gasteiger partial charge in [-0.1, -0.05) is 26.2 Å². The molecule has 0 aromatic carbocycles. The fourth-order valence-corrected chi connectivity index (χ4v) is 5.08. The third-order valence-electron chi connectivity index (χ3n) is 5.30. The van der Waals surface area contributed by atoms with Crippen molar-refractivity contribution >= 4 is 15.9 Å². The summed E-state index contributed by atoms with van der Waals surface area (Å²) in [5.41, 5.74) is 0. The van der Waals surface area contributed by atoms with E-state index in [9.17, 15) is 13.2 Å². The van der Waals surface area contributed by atoms with Crippen molar-refractivity contribution < 1.29 is 13.2 Å². The number of nitrogens with zero attached hydrogens (tertiary/aromatic N) is 1. The summed E-state index contributed by atoms with van der Waals surface area (Å²) >= 11 is 0. The minimum Gasteiger partial charge on any atom is -0.335 e. The Morgan fingerprint density at radius 3 is 2.67 bits per heavy atom. The first-order valence-electron chi connectivity index (χ1n) is 8.13. The van der Waals surface area contributed by atoms with Crippen LogP contribution in [0.1, 0.15) is 52.9 Å². The molecule has 2 aliphatic rings. The lowest BCUT2D eigenvalue weighted by Crippen LogP contribution is -2.58. The molecule has 1 aliphatic carbocycles. The molecule has 2 fully saturated rings. The van der Waals surface area contributed by atoms with Gasteiger partial charge in [-0.25, -0.2) is 13.2 Å². The number of hydrogen-bond donors (Lipinski definition) is 1. The van der Waals surface area contributed by atoms with E-state index in [1.807, 2.05) is 6.92 Å². The molecular weight excluding hydrogens is 288 g/mol. The Labute approximate surface area is 128 Å². The zero-order valence-corrected chi connectivity index (χ0v) is 14.2. The molecule has 1 saturated heterocycles. The van der Waals surface area contributed by atoms with Gasteiger partial charge in [-0.3, -0.25) is 0 Å². The first-order chi connectivity index (χ1) is 9.85. The van der Waals surface area contributed by atoms with Crippen LogP contribution in [0.5, 0.6) is 0 Å². The van der Waals surface area contributed by atoms with Crippen molar-refractivity contribution in [3.63, 3.8) is 0 Å². The molecule has 6 heteroatoms. The van der Waals surface area contributed by atoms with Gasteiger partial charge in [0.1, 0.15) is 0 Å². The molecule has 1 N–H and O–H groups in total. The van der Waals surface area contributed by atoms with Crippen LogP contribution in [0.3, 0.4) is 0 Å². The van der Waals surface area contributed by atoms with Gasteiger partial charge >= 0.3 is 6.03 Å². The predicted octanol–water partition coefficient (Wildman–Crippen LogP) is 2.17. The SMILES string of the molecule is CC[C@@H]1CCC[C@H](NC(=O)N2CCS(=O)(=O)[C@@H](C)[C@@H]2C)C1. The van der Waals surface area contributed by atoms with Crippen molar-refractivity contribution in [1.82, 2.24) is 10.2 Å². The Bertz CT molecular complexity index is 477. The van der Waals surface area contributed by atoms with Gasteiger partial charge in [-0.2, -0.15) is 0 Å². The molecule has 1 aliphatic heterocycles. The van der Waals surface area contributed by atoms with E-state index in [4.69, 9.17) is 0 Å². The van der Waals surface area contributed by atoms with Gasteiger partial charge in [0.15, 0.2) is 9.84 Å². The number of hydrogen-bond acceptors (Lipinski definition) is 3. The maximum absolute atomic E-state index is 12.4. The van der Waals surface area contributed by atoms with E-state index in [0.717, 1.165) is 12.8 Å². The average Bonchev–Trinajstić information content (AvgIpc) is 2.45. The van der Waals surface area contributed by atoms with Gasteiger partial charge in [-0.15, -0.1) is 0 Å². The smallest absolute Gasteiger partial charge is 0.317 e. The molecule has 0 spiro atoms. The van der Waals surface area contributed by atoms with Crippen LogP contribution in [0.25, 0.3) is 0 Å². The zero-order valence-electron chi connectivity index (χ0n) is 13.3. The van der Waals surface area contributed by atoms with Crippen molar-refractivity contribution in [2.24, 2.45) is 5.92 Å². The molecule has 0 radical (unpaired) electrons. The number of amides is 2. The van der Waals surface area contributed by atoms with Crippen LogP contribution in [-0.2, 0) is 9.84 Å². The molecular formula is C15H28N2O3S. The molecule has 5 nitrogen and oxygen atoms in total. The van der Waals surface area contributed by atoms with Gasteiger partial charge in [0, 0.05) is 18.6 Å². The van der Waals surface area contributed by atoms with Crippen LogP contribution in [0, 0.1) is 5.92 Å². The highest BCUT2D eigenvalue weighted by Gasteiger charge is 2.38. The third kappa shape index (κ3) is 3.71. The van der Waals surface area contributed by atoms with Crippen LogP contribution in [0.4, 0.5) is 4.79 Å². The van der Waals surface area contributed by atoms with E-state index in [2.05, 4.69) is 12.2 Å². The molecule has 0 bridgehead atoms. The predicted molar refractivity (Wildman–Crippen MR) is 84.0 cm³/mol. The molecule has 1 heterocycles. The fourth-order valence-electron chi connectivity index (χ4n) is 3.51. The van der Waals surface area contributed by atoms with Crippen LogP contribution < -0.4 is 5.32 Å². The Kier molecular flexibility index (Phi) is 5.17. The first-order valence-corrected chi connectivity index (χ1v) is 9.85. The Hall–Kier alpha value is -0.780. The van der Waals surface area contributed by atoms with Crippen LogP contribution in [0.15, 0.2) is 0 Å². The molecule has 0 aromatic rings. The van der Waals surface area contributed by atoms with Gasteiger partial charge in [-0.05, 0) is 32.6 Å². The van der Waals surface area contributed by atoms with Crippen molar-refractivity contribution in [3.05, 3.63) is 0 Å². The number of carbonyl (C=O) groups is 1. The fraction of sp³-hybridized carbons (Fsp3) is 0.933. The maximum Gasteiger partial charge on any atom is 0.317 e. The number of rotatable bonds is 2. The minimum atomic E-state index is -3.04. The van der Waals surface area contributed by atoms with Crippen molar-refractivity contribution in [2.75, 3.05) is 12.3 Å². The zero-order chi connectivity index (χ0) is 15.6. The molecule has 122 valence electrons. The highest BCUT2D eigenvalue weighted by atomic mass is 32.2. The van der Waals surface area contributed by atoms with Crippen LogP contribution in [0.2, 0.25) is 0 Å². The molecule has 21 heavy (non-hydrogen) atoms. The Balaban J connectivity index is 1.94. The van der Waals surface area contributed by atoms with Crippen molar-refractivity contribution in [3.8, 4) is 0 Å². The van der Waals surface area contributed by atoms with Gasteiger partial charge in [0.05, 0.1) is 11.0 Å². The lowest BCUT2D eigenvalue weighted by molar-refractivity contribution is 0.167. The second-order valence-electron chi connectivity index (χ2n) is 6.59. The number of urea groups is 1. The second-order valence-corrected chi connectivity index (χ2v) is 9.07. The van der Waals surface area contributed by atoms with E-state index < -0.39 is 15.1 Å². The minimum absolute atomic E-state index is 0.0776. The summed E-state index contributed by atoms with van der Waals surface area (Å²) in [5.74, 6) is 0.788. The molecule has 4 atom stereocenters. The van der Waals surface area contributed by atoms with E-state index in [1.54, 1.807) is 11.8 Å². The van der Waals surface area contributed by atoms with Crippen LogP contribution >= 0.6 is 0 Å². The van der Waals surface area contributed by atoms with Gasteiger partial charge in [0.25, 0.3) is 0 Å². The monoisotopic (exact) mass is 316 g/mol. The third-order valence-corrected chi connectivity index (χ3v) is 7.58. The van der Waals surface area contributed by atoms with Gasteiger partial charge < -0.3 is 10.2 Å². The number of sulfone groups is 1. The standard InChI is InChI=1S/C15H28N2O3S/c1-4-13-6-5-7-14(10-13)16-15(18)17-8-9-21(19,20)12(3)11(17)2/h11-14H,4-10H2,1-3H3,(H,16,18)/t11-,12-,13+,14-/m0/s1. The Morgan fingerprint density at radius 1 is 1.29 bits per heavy atom. The normalized spacial score (nSPS) is 36.2. The summed E-state index contributed by atoms with van der Waals surface area (Å²) in [6.45, 7) is 6.04. The highest BCUT2D eigenvalue weighted by Crippen LogP contribution is 2.27. The molecule has 2 amide bonds. The van der Waals surface area contributed by atoms with Crippen molar-refractivity contribution in [1.29, 1.82) is 0 Å². The van der Waals surface area contributed by atoms with Crippen molar-refractivity contribution in [2.45, 2.75) is 70.2 Å². The van der Waals surface area contributed by atoms with Gasteiger partial charge in [0.2, 0.25) is 0 Å². The summed E-state index contributed by atoms with van der Waals surface area (Å²) in [5, 5.41) is 2.64. The van der Waals surface area contributed by atoms with Crippen LogP contribution in [-0.4, -0.2) is 49.0 Å². The molecule has 0 aromatic heterocycles. The quantitative estimate of drug-likeness (QED) is 0.849. The number of nitrogens with one attached hydrogen (secondary N) is 1. The second kappa shape index (κ2) is 6.55. The molecule has 0 unspecified atom stereocenters. The summed E-state index contributed by atoms with van der Waals surface area (Å²) in [6.07, 6.45) is 5.69. The number of carbonyl (C=O) groups excluding carboxylic acids is 1. The lowest BCUT2D eigenvalue weighted by Gasteiger charge is -2.39. The summed E-state index contributed by atoms with van der Waals surface area (Å²) in [4.78, 5) is 14.1.